The molecule has 0 aliphatic carbocycles. The number of pyridine rings is 1. The quantitative estimate of drug-likeness (QED) is 0.533. The average molecular weight is 327 g/mol. The normalized spacial score (nSPS) is 12.5. The Morgan fingerprint density at radius 3 is 2.38 bits per heavy atom. The molecule has 1 heterocycles. The number of nitrogens with zero attached hydrogens (tertiary/aromatic N) is 1. The number of ether oxygens (including phenoxy) is 1. The van der Waals surface area contributed by atoms with Crippen molar-refractivity contribution in [3.63, 3.8) is 0 Å². The van der Waals surface area contributed by atoms with Crippen LogP contribution >= 0.6 is 0 Å². The van der Waals surface area contributed by atoms with E-state index in [0.29, 0.717) is 6.04 Å². The average Bonchev–Trinajstić information content (AvgIpc) is 2.62. The molecule has 0 saturated carbocycles. The van der Waals surface area contributed by atoms with E-state index in [1.54, 1.807) is 0 Å². The summed E-state index contributed by atoms with van der Waals surface area (Å²) in [6.45, 7) is 6.07. The van der Waals surface area contributed by atoms with Crippen molar-refractivity contribution in [1.82, 2.24) is 5.32 Å². The molecule has 24 heavy (non-hydrogen) atoms. The van der Waals surface area contributed by atoms with Crippen LogP contribution in [0.4, 0.5) is 0 Å². The first kappa shape index (κ1) is 18.6. The predicted octanol–water partition coefficient (Wildman–Crippen LogP) is 3.59. The Morgan fingerprint density at radius 2 is 1.71 bits per heavy atom. The standard InChI is InChI=1S/C21H31N2O/c1-4-19(5-2)22-14-16-24-21(17-18-11-7-6-8-12-18)20-13-9-10-15-23(20)3/h6-13,15,19,21-22H,4-5,14,16-17H2,1-3H3/q+1. The first-order chi connectivity index (χ1) is 11.7. The lowest BCUT2D eigenvalue weighted by atomic mass is 10.0. The lowest BCUT2D eigenvalue weighted by Crippen LogP contribution is -2.37. The van der Waals surface area contributed by atoms with Gasteiger partial charge in [0.1, 0.15) is 13.2 Å². The van der Waals surface area contributed by atoms with Gasteiger partial charge in [0.15, 0.2) is 6.20 Å². The number of hydrogen-bond donors (Lipinski definition) is 1. The summed E-state index contributed by atoms with van der Waals surface area (Å²) in [6.07, 6.45) is 5.37. The summed E-state index contributed by atoms with van der Waals surface area (Å²) < 4.78 is 8.42. The summed E-state index contributed by atoms with van der Waals surface area (Å²) in [6, 6.07) is 17.5. The highest BCUT2D eigenvalue weighted by molar-refractivity contribution is 5.17. The smallest absolute Gasteiger partial charge is 0.210 e. The molecule has 3 nitrogen and oxygen atoms in total. The van der Waals surface area contributed by atoms with Gasteiger partial charge < -0.3 is 10.1 Å². The van der Waals surface area contributed by atoms with Gasteiger partial charge in [0.05, 0.1) is 6.61 Å². The Labute approximate surface area is 146 Å². The topological polar surface area (TPSA) is 25.1 Å². The minimum absolute atomic E-state index is 0.0714. The van der Waals surface area contributed by atoms with E-state index in [0.717, 1.165) is 32.4 Å². The van der Waals surface area contributed by atoms with Crippen LogP contribution in [0.1, 0.15) is 44.1 Å². The zero-order chi connectivity index (χ0) is 17.2. The Hall–Kier alpha value is -1.71. The van der Waals surface area contributed by atoms with Crippen molar-refractivity contribution in [2.45, 2.75) is 45.3 Å². The molecule has 0 amide bonds. The third-order valence-corrected chi connectivity index (χ3v) is 4.53. The Morgan fingerprint density at radius 1 is 1.00 bits per heavy atom. The monoisotopic (exact) mass is 327 g/mol. The molecule has 3 heteroatoms. The fourth-order valence-corrected chi connectivity index (χ4v) is 2.99. The molecule has 0 saturated heterocycles. The largest absolute Gasteiger partial charge is 0.366 e. The maximum Gasteiger partial charge on any atom is 0.210 e. The van der Waals surface area contributed by atoms with Crippen LogP contribution in [-0.4, -0.2) is 19.2 Å². The first-order valence-corrected chi connectivity index (χ1v) is 9.08. The van der Waals surface area contributed by atoms with E-state index in [9.17, 15) is 0 Å². The van der Waals surface area contributed by atoms with Gasteiger partial charge >= 0.3 is 0 Å². The van der Waals surface area contributed by atoms with Crippen molar-refractivity contribution in [2.24, 2.45) is 7.05 Å². The van der Waals surface area contributed by atoms with E-state index in [1.807, 2.05) is 0 Å². The molecule has 0 aliphatic rings. The van der Waals surface area contributed by atoms with Crippen LogP contribution in [0.2, 0.25) is 0 Å². The lowest BCUT2D eigenvalue weighted by molar-refractivity contribution is -0.683. The highest BCUT2D eigenvalue weighted by atomic mass is 16.5. The van der Waals surface area contributed by atoms with E-state index >= 15 is 0 Å². The van der Waals surface area contributed by atoms with E-state index in [1.165, 1.54) is 11.3 Å². The van der Waals surface area contributed by atoms with Crippen LogP contribution in [0.5, 0.6) is 0 Å². The predicted molar refractivity (Wildman–Crippen MR) is 98.8 cm³/mol. The van der Waals surface area contributed by atoms with Gasteiger partial charge in [-0.05, 0) is 18.4 Å². The van der Waals surface area contributed by atoms with Gasteiger partial charge in [0.2, 0.25) is 5.69 Å². The molecule has 0 radical (unpaired) electrons. The number of aryl methyl sites for hydroxylation is 1. The summed E-state index contributed by atoms with van der Waals surface area (Å²) >= 11 is 0. The Kier molecular flexibility index (Phi) is 7.93. The van der Waals surface area contributed by atoms with Gasteiger partial charge in [-0.1, -0.05) is 50.2 Å². The molecule has 1 atom stereocenters. The number of rotatable bonds is 10. The second-order valence-electron chi connectivity index (χ2n) is 6.25. The lowest BCUT2D eigenvalue weighted by Gasteiger charge is -2.18. The molecular weight excluding hydrogens is 296 g/mol. The Balaban J connectivity index is 1.99. The van der Waals surface area contributed by atoms with Crippen molar-refractivity contribution < 1.29 is 9.30 Å². The molecule has 0 fully saturated rings. The van der Waals surface area contributed by atoms with Crippen molar-refractivity contribution in [1.29, 1.82) is 0 Å². The number of benzene rings is 1. The molecule has 1 aromatic carbocycles. The minimum atomic E-state index is 0.0714. The van der Waals surface area contributed by atoms with Crippen LogP contribution in [0.15, 0.2) is 54.7 Å². The molecule has 0 aliphatic heterocycles. The van der Waals surface area contributed by atoms with Gasteiger partial charge in [-0.15, -0.1) is 0 Å². The van der Waals surface area contributed by atoms with Crippen molar-refractivity contribution in [3.05, 3.63) is 66.0 Å². The summed E-state index contributed by atoms with van der Waals surface area (Å²) in [7, 11) is 2.08. The highest BCUT2D eigenvalue weighted by Crippen LogP contribution is 2.19. The van der Waals surface area contributed by atoms with Crippen molar-refractivity contribution >= 4 is 0 Å². The third-order valence-electron chi connectivity index (χ3n) is 4.53. The summed E-state index contributed by atoms with van der Waals surface area (Å²) in [5, 5.41) is 3.57. The van der Waals surface area contributed by atoms with E-state index < -0.39 is 0 Å². The van der Waals surface area contributed by atoms with Gasteiger partial charge in [0, 0.05) is 31.1 Å². The van der Waals surface area contributed by atoms with Gasteiger partial charge in [-0.25, -0.2) is 4.57 Å². The van der Waals surface area contributed by atoms with Gasteiger partial charge in [-0.2, -0.15) is 0 Å². The van der Waals surface area contributed by atoms with E-state index in [2.05, 4.69) is 85.5 Å². The van der Waals surface area contributed by atoms with Crippen molar-refractivity contribution in [3.8, 4) is 0 Å². The number of aromatic nitrogens is 1. The summed E-state index contributed by atoms with van der Waals surface area (Å²) in [4.78, 5) is 0. The van der Waals surface area contributed by atoms with Crippen molar-refractivity contribution in [2.75, 3.05) is 13.2 Å². The Bertz CT molecular complexity index is 581. The maximum absolute atomic E-state index is 6.27. The number of hydrogen-bond acceptors (Lipinski definition) is 2. The SMILES string of the molecule is CCC(CC)NCCOC(Cc1ccccc1)c1cccc[n+]1C. The zero-order valence-electron chi connectivity index (χ0n) is 15.2. The molecule has 1 unspecified atom stereocenters. The van der Waals surface area contributed by atoms with E-state index in [4.69, 9.17) is 4.74 Å². The minimum Gasteiger partial charge on any atom is -0.366 e. The molecule has 0 bridgehead atoms. The highest BCUT2D eigenvalue weighted by Gasteiger charge is 2.21. The molecule has 2 aromatic rings. The summed E-state index contributed by atoms with van der Waals surface area (Å²) in [5.41, 5.74) is 2.52. The first-order valence-electron chi connectivity index (χ1n) is 9.08. The zero-order valence-corrected chi connectivity index (χ0v) is 15.2. The molecule has 1 aromatic heterocycles. The second kappa shape index (κ2) is 10.2. The van der Waals surface area contributed by atoms with Crippen LogP contribution in [0.3, 0.4) is 0 Å². The number of nitrogens with one attached hydrogen (secondary N) is 1. The fourth-order valence-electron chi connectivity index (χ4n) is 2.99. The molecule has 130 valence electrons. The van der Waals surface area contributed by atoms with Gasteiger partial charge in [0.25, 0.3) is 0 Å². The van der Waals surface area contributed by atoms with Crippen LogP contribution < -0.4 is 9.88 Å². The second-order valence-corrected chi connectivity index (χ2v) is 6.25. The van der Waals surface area contributed by atoms with Crippen LogP contribution in [-0.2, 0) is 18.2 Å². The fraction of sp³-hybridized carbons (Fsp3) is 0.476. The molecule has 0 spiro atoms. The third kappa shape index (κ3) is 5.73. The maximum atomic E-state index is 6.27. The van der Waals surface area contributed by atoms with E-state index in [-0.39, 0.29) is 6.10 Å². The molecule has 2 rings (SSSR count). The molecular formula is C21H31N2O+. The molecule has 1 N–H and O–H groups in total. The van der Waals surface area contributed by atoms with Crippen LogP contribution in [0.25, 0.3) is 0 Å². The van der Waals surface area contributed by atoms with Crippen LogP contribution in [0, 0.1) is 0 Å². The summed E-state index contributed by atoms with van der Waals surface area (Å²) in [5.74, 6) is 0. The van der Waals surface area contributed by atoms with Gasteiger partial charge in [-0.3, -0.25) is 0 Å².